The van der Waals surface area contributed by atoms with Crippen LogP contribution in [0, 0.1) is 11.3 Å². The Bertz CT molecular complexity index is 612. The Hall–Kier alpha value is -1.26. The quantitative estimate of drug-likeness (QED) is 0.776. The SMILES string of the molecule is CN(C)C(=O)c1ccc(OCCCC2CCC23CCNCC3)cc1Cl. The molecule has 1 atom stereocenters. The van der Waals surface area contributed by atoms with Gasteiger partial charge in [0.25, 0.3) is 5.91 Å². The van der Waals surface area contributed by atoms with E-state index in [9.17, 15) is 4.79 Å². The first-order chi connectivity index (χ1) is 12.0. The molecule has 0 aromatic heterocycles. The molecule has 1 unspecified atom stereocenters. The van der Waals surface area contributed by atoms with Crippen molar-refractivity contribution < 1.29 is 9.53 Å². The van der Waals surface area contributed by atoms with Gasteiger partial charge in [-0.25, -0.2) is 0 Å². The molecule has 1 aromatic rings. The number of carbonyl (C=O) groups is 1. The van der Waals surface area contributed by atoms with Crippen LogP contribution in [-0.4, -0.2) is 44.6 Å². The van der Waals surface area contributed by atoms with Crippen LogP contribution in [-0.2, 0) is 0 Å². The Balaban J connectivity index is 1.45. The molecule has 1 heterocycles. The van der Waals surface area contributed by atoms with Gasteiger partial charge < -0.3 is 15.0 Å². The molecule has 3 rings (SSSR count). The molecule has 5 heteroatoms. The van der Waals surface area contributed by atoms with Crippen LogP contribution in [0.1, 0.15) is 48.9 Å². The first-order valence-electron chi connectivity index (χ1n) is 9.36. The van der Waals surface area contributed by atoms with Gasteiger partial charge in [-0.1, -0.05) is 11.6 Å². The highest BCUT2D eigenvalue weighted by atomic mass is 35.5. The molecule has 1 saturated heterocycles. The molecule has 25 heavy (non-hydrogen) atoms. The number of hydrogen-bond acceptors (Lipinski definition) is 3. The molecule has 0 radical (unpaired) electrons. The van der Waals surface area contributed by atoms with E-state index in [1.807, 2.05) is 6.07 Å². The van der Waals surface area contributed by atoms with Crippen LogP contribution in [0.3, 0.4) is 0 Å². The fourth-order valence-corrected chi connectivity index (χ4v) is 4.56. The molecular formula is C20H29ClN2O2. The Morgan fingerprint density at radius 2 is 2.08 bits per heavy atom. The average Bonchev–Trinajstić information content (AvgIpc) is 2.60. The molecule has 1 amide bonds. The number of ether oxygens (including phenoxy) is 1. The van der Waals surface area contributed by atoms with Crippen molar-refractivity contribution >= 4 is 17.5 Å². The summed E-state index contributed by atoms with van der Waals surface area (Å²) in [6, 6.07) is 5.33. The maximum absolute atomic E-state index is 12.0. The van der Waals surface area contributed by atoms with Crippen LogP contribution in [0.2, 0.25) is 5.02 Å². The van der Waals surface area contributed by atoms with Crippen molar-refractivity contribution in [2.24, 2.45) is 11.3 Å². The Kier molecular flexibility index (Phi) is 5.90. The molecule has 1 N–H and O–H groups in total. The number of piperidine rings is 1. The largest absolute Gasteiger partial charge is 0.494 e. The van der Waals surface area contributed by atoms with Crippen LogP contribution in [0.4, 0.5) is 0 Å². The molecule has 2 aliphatic rings. The fraction of sp³-hybridized carbons (Fsp3) is 0.650. The van der Waals surface area contributed by atoms with E-state index in [-0.39, 0.29) is 5.91 Å². The van der Waals surface area contributed by atoms with E-state index < -0.39 is 0 Å². The van der Waals surface area contributed by atoms with Gasteiger partial charge >= 0.3 is 0 Å². The lowest BCUT2D eigenvalue weighted by Gasteiger charge is -2.52. The van der Waals surface area contributed by atoms with Crippen molar-refractivity contribution in [2.75, 3.05) is 33.8 Å². The molecular weight excluding hydrogens is 336 g/mol. The van der Waals surface area contributed by atoms with Crippen molar-refractivity contribution in [1.82, 2.24) is 10.2 Å². The highest BCUT2D eigenvalue weighted by Gasteiger charge is 2.45. The summed E-state index contributed by atoms with van der Waals surface area (Å²) in [5.41, 5.74) is 1.14. The maximum atomic E-state index is 12.0. The lowest BCUT2D eigenvalue weighted by molar-refractivity contribution is -0.0103. The zero-order chi connectivity index (χ0) is 17.9. The summed E-state index contributed by atoms with van der Waals surface area (Å²) in [5, 5.41) is 3.93. The number of nitrogens with one attached hydrogen (secondary N) is 1. The standard InChI is InChI=1S/C20H29ClN2O2/c1-23(2)19(24)17-6-5-16(14-18(17)21)25-13-3-4-15-7-8-20(15)9-11-22-12-10-20/h5-6,14-15,22H,3-4,7-13H2,1-2H3. The summed E-state index contributed by atoms with van der Waals surface area (Å²) in [5.74, 6) is 1.53. The van der Waals surface area contributed by atoms with E-state index in [1.54, 1.807) is 26.2 Å². The third-order valence-corrected chi connectivity index (χ3v) is 6.31. The van der Waals surface area contributed by atoms with Gasteiger partial charge in [0.1, 0.15) is 5.75 Å². The van der Waals surface area contributed by atoms with Crippen molar-refractivity contribution in [3.8, 4) is 5.75 Å². The van der Waals surface area contributed by atoms with Gasteiger partial charge in [0.2, 0.25) is 0 Å². The fourth-order valence-electron chi connectivity index (χ4n) is 4.31. The number of rotatable bonds is 6. The number of benzene rings is 1. The van der Waals surface area contributed by atoms with Gasteiger partial charge in [-0.15, -0.1) is 0 Å². The molecule has 2 fully saturated rings. The van der Waals surface area contributed by atoms with Crippen molar-refractivity contribution in [1.29, 1.82) is 0 Å². The molecule has 1 aliphatic heterocycles. The predicted molar refractivity (Wildman–Crippen MR) is 101 cm³/mol. The minimum absolute atomic E-state index is 0.0891. The van der Waals surface area contributed by atoms with E-state index in [2.05, 4.69) is 5.32 Å². The van der Waals surface area contributed by atoms with E-state index in [0.29, 0.717) is 22.6 Å². The summed E-state index contributed by atoms with van der Waals surface area (Å²) < 4.78 is 5.86. The van der Waals surface area contributed by atoms with Crippen molar-refractivity contribution in [3.05, 3.63) is 28.8 Å². The first-order valence-corrected chi connectivity index (χ1v) is 9.74. The van der Waals surface area contributed by atoms with Gasteiger partial charge in [-0.05, 0) is 81.1 Å². The minimum Gasteiger partial charge on any atom is -0.494 e. The minimum atomic E-state index is -0.0891. The first kappa shape index (κ1) is 18.5. The summed E-state index contributed by atoms with van der Waals surface area (Å²) in [6.45, 7) is 3.08. The van der Waals surface area contributed by atoms with E-state index >= 15 is 0 Å². The molecule has 1 spiro atoms. The van der Waals surface area contributed by atoms with E-state index in [4.69, 9.17) is 16.3 Å². The Morgan fingerprint density at radius 1 is 1.32 bits per heavy atom. The summed E-state index contributed by atoms with van der Waals surface area (Å²) in [6.07, 6.45) is 7.82. The van der Waals surface area contributed by atoms with E-state index in [0.717, 1.165) is 18.1 Å². The molecule has 1 aromatic carbocycles. The van der Waals surface area contributed by atoms with Gasteiger partial charge in [0, 0.05) is 14.1 Å². The Morgan fingerprint density at radius 3 is 2.68 bits per heavy atom. The number of nitrogens with zero attached hydrogens (tertiary/aromatic N) is 1. The number of hydrogen-bond donors (Lipinski definition) is 1. The molecule has 4 nitrogen and oxygen atoms in total. The third-order valence-electron chi connectivity index (χ3n) is 6.00. The highest BCUT2D eigenvalue weighted by molar-refractivity contribution is 6.34. The zero-order valence-corrected chi connectivity index (χ0v) is 16.1. The lowest BCUT2D eigenvalue weighted by Crippen LogP contribution is -2.47. The second kappa shape index (κ2) is 7.96. The number of amides is 1. The number of carbonyl (C=O) groups excluding carboxylic acids is 1. The Labute approximate surface area is 155 Å². The third kappa shape index (κ3) is 4.12. The van der Waals surface area contributed by atoms with Gasteiger partial charge in [0.05, 0.1) is 17.2 Å². The smallest absolute Gasteiger partial charge is 0.254 e. The van der Waals surface area contributed by atoms with Gasteiger partial charge in [0.15, 0.2) is 0 Å². The topological polar surface area (TPSA) is 41.6 Å². The zero-order valence-electron chi connectivity index (χ0n) is 15.3. The molecule has 1 aliphatic carbocycles. The van der Waals surface area contributed by atoms with Crippen LogP contribution < -0.4 is 10.1 Å². The highest BCUT2D eigenvalue weighted by Crippen LogP contribution is 2.54. The van der Waals surface area contributed by atoms with Crippen molar-refractivity contribution in [2.45, 2.75) is 38.5 Å². The maximum Gasteiger partial charge on any atom is 0.254 e. The summed E-state index contributed by atoms with van der Waals surface area (Å²) in [4.78, 5) is 13.5. The second-order valence-electron chi connectivity index (χ2n) is 7.68. The lowest BCUT2D eigenvalue weighted by atomic mass is 9.54. The van der Waals surface area contributed by atoms with Crippen molar-refractivity contribution in [3.63, 3.8) is 0 Å². The van der Waals surface area contributed by atoms with Crippen LogP contribution >= 0.6 is 11.6 Å². The van der Waals surface area contributed by atoms with Crippen LogP contribution in [0.25, 0.3) is 0 Å². The molecule has 0 bridgehead atoms. The average molecular weight is 365 g/mol. The summed E-state index contributed by atoms with van der Waals surface area (Å²) >= 11 is 6.23. The van der Waals surface area contributed by atoms with Crippen LogP contribution in [0.15, 0.2) is 18.2 Å². The second-order valence-corrected chi connectivity index (χ2v) is 8.09. The monoisotopic (exact) mass is 364 g/mol. The van der Waals surface area contributed by atoms with Gasteiger partial charge in [-0.2, -0.15) is 0 Å². The van der Waals surface area contributed by atoms with Gasteiger partial charge in [-0.3, -0.25) is 4.79 Å². The summed E-state index contributed by atoms with van der Waals surface area (Å²) in [7, 11) is 3.44. The molecule has 138 valence electrons. The predicted octanol–water partition coefficient (Wildman–Crippen LogP) is 3.98. The normalized spacial score (nSPS) is 21.6. The van der Waals surface area contributed by atoms with Crippen LogP contribution in [0.5, 0.6) is 5.75 Å². The van der Waals surface area contributed by atoms with E-state index in [1.165, 1.54) is 50.1 Å². The molecule has 1 saturated carbocycles. The number of halogens is 1.